The molecule has 1 aliphatic heterocycles. The minimum absolute atomic E-state index is 0.0593. The van der Waals surface area contributed by atoms with Gasteiger partial charge in [0.1, 0.15) is 23.4 Å². The molecule has 0 amide bonds. The molecule has 1 unspecified atom stereocenters. The number of halogens is 2. The first-order valence-electron chi connectivity index (χ1n) is 9.52. The zero-order valence-electron chi connectivity index (χ0n) is 15.8. The molecule has 2 N–H and O–H groups in total. The molecule has 4 aromatic rings. The molecular weight excluding hydrogens is 390 g/mol. The highest BCUT2D eigenvalue weighted by Gasteiger charge is 2.24. The molecule has 9 heteroatoms. The molecule has 1 aliphatic rings. The van der Waals surface area contributed by atoms with E-state index in [0.29, 0.717) is 37.0 Å². The second kappa shape index (κ2) is 7.77. The molecule has 0 radical (unpaired) electrons. The van der Waals surface area contributed by atoms with Crippen molar-refractivity contribution in [3.05, 3.63) is 72.3 Å². The summed E-state index contributed by atoms with van der Waals surface area (Å²) < 4.78 is 36.8. The maximum Gasteiger partial charge on any atom is 0.229 e. The molecule has 1 aromatic carbocycles. The van der Waals surface area contributed by atoms with E-state index in [-0.39, 0.29) is 5.56 Å². The number of morpholine rings is 1. The Kier molecular flexibility index (Phi) is 4.82. The lowest BCUT2D eigenvalue weighted by atomic mass is 10.1. The number of ether oxygens (including phenoxy) is 1. The summed E-state index contributed by atoms with van der Waals surface area (Å²) in [6, 6.07) is 8.02. The third-order valence-corrected chi connectivity index (χ3v) is 4.94. The number of fused-ring (bicyclic) bond motifs is 1. The fourth-order valence-corrected chi connectivity index (χ4v) is 3.52. The number of aromatic nitrogens is 4. The molecule has 7 nitrogen and oxygen atoms in total. The topological polar surface area (TPSA) is 76.9 Å². The molecule has 3 aromatic heterocycles. The fourth-order valence-electron chi connectivity index (χ4n) is 3.52. The van der Waals surface area contributed by atoms with Crippen LogP contribution in [0.3, 0.4) is 0 Å². The number of benzene rings is 1. The molecule has 152 valence electrons. The van der Waals surface area contributed by atoms with Crippen LogP contribution in [0.4, 0.5) is 20.4 Å². The van der Waals surface area contributed by atoms with E-state index in [0.717, 1.165) is 11.1 Å². The van der Waals surface area contributed by atoms with Gasteiger partial charge in [0.25, 0.3) is 0 Å². The van der Waals surface area contributed by atoms with E-state index in [4.69, 9.17) is 4.74 Å². The molecule has 0 saturated carbocycles. The standard InChI is InChI=1S/C21H18F2N6O/c22-16-8-15(9-17(23)19(16)18-12-25-5-7-30-18)29-6-3-13-10-26-21(28-20(13)29)27-14-2-1-4-24-11-14/h1-4,6,8-11,18,25H,5,7,12H2,(H,26,27,28). The normalized spacial score (nSPS) is 16.7. The first-order chi connectivity index (χ1) is 14.7. The molecule has 30 heavy (non-hydrogen) atoms. The highest BCUT2D eigenvalue weighted by molar-refractivity contribution is 5.78. The van der Waals surface area contributed by atoms with Crippen LogP contribution in [0, 0.1) is 11.6 Å². The Labute approximate surface area is 170 Å². The number of hydrogen-bond acceptors (Lipinski definition) is 6. The van der Waals surface area contributed by atoms with Crippen molar-refractivity contribution in [3.63, 3.8) is 0 Å². The van der Waals surface area contributed by atoms with Gasteiger partial charge in [-0.2, -0.15) is 4.98 Å². The van der Waals surface area contributed by atoms with Crippen LogP contribution in [0.1, 0.15) is 11.7 Å². The predicted molar refractivity (Wildman–Crippen MR) is 108 cm³/mol. The van der Waals surface area contributed by atoms with E-state index in [9.17, 15) is 8.78 Å². The van der Waals surface area contributed by atoms with Crippen LogP contribution in [-0.4, -0.2) is 39.2 Å². The van der Waals surface area contributed by atoms with E-state index < -0.39 is 17.7 Å². The number of nitrogens with one attached hydrogen (secondary N) is 2. The van der Waals surface area contributed by atoms with Gasteiger partial charge in [0, 0.05) is 37.1 Å². The molecule has 1 saturated heterocycles. The number of hydrogen-bond donors (Lipinski definition) is 2. The predicted octanol–water partition coefficient (Wildman–Crippen LogP) is 3.50. The van der Waals surface area contributed by atoms with Gasteiger partial charge in [-0.05, 0) is 30.3 Å². The zero-order chi connectivity index (χ0) is 20.5. The first kappa shape index (κ1) is 18.6. The van der Waals surface area contributed by atoms with Gasteiger partial charge < -0.3 is 19.9 Å². The van der Waals surface area contributed by atoms with E-state index in [1.807, 2.05) is 6.07 Å². The Morgan fingerprint density at radius 3 is 2.77 bits per heavy atom. The van der Waals surface area contributed by atoms with Crippen LogP contribution in [-0.2, 0) is 4.74 Å². The second-order valence-corrected chi connectivity index (χ2v) is 6.91. The Hall–Kier alpha value is -3.43. The van der Waals surface area contributed by atoms with Crippen LogP contribution < -0.4 is 10.6 Å². The van der Waals surface area contributed by atoms with Gasteiger partial charge in [-0.15, -0.1) is 0 Å². The Morgan fingerprint density at radius 2 is 2.03 bits per heavy atom. The summed E-state index contributed by atoms with van der Waals surface area (Å²) in [7, 11) is 0. The largest absolute Gasteiger partial charge is 0.371 e. The third kappa shape index (κ3) is 3.49. The summed E-state index contributed by atoms with van der Waals surface area (Å²) in [5, 5.41) is 6.90. The van der Waals surface area contributed by atoms with Gasteiger partial charge in [-0.25, -0.2) is 13.8 Å². The van der Waals surface area contributed by atoms with Crippen molar-refractivity contribution < 1.29 is 13.5 Å². The lowest BCUT2D eigenvalue weighted by Crippen LogP contribution is -2.34. The molecule has 1 atom stereocenters. The summed E-state index contributed by atoms with van der Waals surface area (Å²) in [4.78, 5) is 12.8. The quantitative estimate of drug-likeness (QED) is 0.538. The first-order valence-corrected chi connectivity index (χ1v) is 9.52. The van der Waals surface area contributed by atoms with E-state index in [1.165, 1.54) is 12.1 Å². The molecule has 5 rings (SSSR count). The van der Waals surface area contributed by atoms with Crippen LogP contribution in [0.25, 0.3) is 16.7 Å². The Balaban J connectivity index is 1.52. The van der Waals surface area contributed by atoms with Crippen LogP contribution in [0.2, 0.25) is 0 Å². The SMILES string of the molecule is Fc1cc(-n2ccc3cnc(Nc4cccnc4)nc32)cc(F)c1C1CNCCO1. The molecule has 0 bridgehead atoms. The van der Waals surface area contributed by atoms with Crippen molar-refractivity contribution in [2.24, 2.45) is 0 Å². The Bertz CT molecular complexity index is 1170. The lowest BCUT2D eigenvalue weighted by Gasteiger charge is -2.25. The summed E-state index contributed by atoms with van der Waals surface area (Å²) in [5.74, 6) is -0.943. The van der Waals surface area contributed by atoms with Gasteiger partial charge in [-0.1, -0.05) is 0 Å². The summed E-state index contributed by atoms with van der Waals surface area (Å²) >= 11 is 0. The molecule has 0 spiro atoms. The lowest BCUT2D eigenvalue weighted by molar-refractivity contribution is 0.0232. The highest BCUT2D eigenvalue weighted by Crippen LogP contribution is 2.29. The maximum absolute atomic E-state index is 14.8. The molecule has 4 heterocycles. The van der Waals surface area contributed by atoms with Gasteiger partial charge in [0.2, 0.25) is 5.95 Å². The monoisotopic (exact) mass is 408 g/mol. The summed E-state index contributed by atoms with van der Waals surface area (Å²) in [6.07, 6.45) is 6.03. The van der Waals surface area contributed by atoms with Gasteiger partial charge in [-0.3, -0.25) is 4.98 Å². The number of nitrogens with zero attached hydrogens (tertiary/aromatic N) is 4. The van der Waals surface area contributed by atoms with Crippen LogP contribution in [0.5, 0.6) is 0 Å². The smallest absolute Gasteiger partial charge is 0.229 e. The highest BCUT2D eigenvalue weighted by atomic mass is 19.1. The molecule has 0 aliphatic carbocycles. The van der Waals surface area contributed by atoms with Crippen molar-refractivity contribution in [1.82, 2.24) is 24.8 Å². The molecule has 1 fully saturated rings. The van der Waals surface area contributed by atoms with Gasteiger partial charge in [0.05, 0.1) is 29.7 Å². The second-order valence-electron chi connectivity index (χ2n) is 6.91. The van der Waals surface area contributed by atoms with Crippen molar-refractivity contribution >= 4 is 22.7 Å². The van der Waals surface area contributed by atoms with Crippen LogP contribution in [0.15, 0.2) is 55.1 Å². The van der Waals surface area contributed by atoms with E-state index >= 15 is 0 Å². The molecular formula is C21H18F2N6O. The van der Waals surface area contributed by atoms with E-state index in [1.54, 1.807) is 41.5 Å². The third-order valence-electron chi connectivity index (χ3n) is 4.94. The van der Waals surface area contributed by atoms with Crippen molar-refractivity contribution in [2.45, 2.75) is 6.10 Å². The van der Waals surface area contributed by atoms with Crippen molar-refractivity contribution in [1.29, 1.82) is 0 Å². The average molecular weight is 408 g/mol. The number of anilines is 2. The summed E-state index contributed by atoms with van der Waals surface area (Å²) in [6.45, 7) is 1.45. The number of rotatable bonds is 4. The Morgan fingerprint density at radius 1 is 1.17 bits per heavy atom. The van der Waals surface area contributed by atoms with Crippen molar-refractivity contribution in [2.75, 3.05) is 25.0 Å². The summed E-state index contributed by atoms with van der Waals surface area (Å²) in [5.41, 5.74) is 1.53. The van der Waals surface area contributed by atoms with Gasteiger partial charge in [0.15, 0.2) is 0 Å². The minimum Gasteiger partial charge on any atom is -0.371 e. The zero-order valence-corrected chi connectivity index (χ0v) is 15.8. The van der Waals surface area contributed by atoms with Crippen molar-refractivity contribution in [3.8, 4) is 5.69 Å². The number of pyridine rings is 1. The average Bonchev–Trinajstić information content (AvgIpc) is 3.18. The minimum atomic E-state index is -0.650. The van der Waals surface area contributed by atoms with E-state index in [2.05, 4.69) is 25.6 Å². The van der Waals surface area contributed by atoms with Gasteiger partial charge >= 0.3 is 0 Å². The maximum atomic E-state index is 14.8. The fraction of sp³-hybridized carbons (Fsp3) is 0.190. The van der Waals surface area contributed by atoms with Crippen LogP contribution >= 0.6 is 0 Å².